The van der Waals surface area contributed by atoms with Gasteiger partial charge in [-0.05, 0) is 60.2 Å². The van der Waals surface area contributed by atoms with Gasteiger partial charge in [-0.25, -0.2) is 8.78 Å². The zero-order valence-electron chi connectivity index (χ0n) is 15.5. The third kappa shape index (κ3) is 4.46. The van der Waals surface area contributed by atoms with Crippen molar-refractivity contribution in [3.8, 4) is 11.5 Å². The number of pyridine rings is 1. The molecule has 0 saturated heterocycles. The van der Waals surface area contributed by atoms with Crippen molar-refractivity contribution in [1.29, 1.82) is 0 Å². The van der Waals surface area contributed by atoms with Crippen molar-refractivity contribution in [2.24, 2.45) is 0 Å². The molecule has 0 bridgehead atoms. The van der Waals surface area contributed by atoms with Gasteiger partial charge >= 0.3 is 0 Å². The van der Waals surface area contributed by atoms with E-state index in [-0.39, 0.29) is 23.7 Å². The van der Waals surface area contributed by atoms with Crippen LogP contribution in [0.15, 0.2) is 77.4 Å². The summed E-state index contributed by atoms with van der Waals surface area (Å²) >= 11 is 3.39. The number of hydrogen-bond donors (Lipinski definition) is 1. The van der Waals surface area contributed by atoms with Crippen molar-refractivity contribution >= 4 is 32.7 Å². The van der Waals surface area contributed by atoms with Gasteiger partial charge in [0.25, 0.3) is 5.91 Å². The van der Waals surface area contributed by atoms with E-state index < -0.39 is 11.7 Å². The van der Waals surface area contributed by atoms with Crippen LogP contribution in [0.3, 0.4) is 0 Å². The topological polar surface area (TPSA) is 51.2 Å². The zero-order valence-corrected chi connectivity index (χ0v) is 17.1. The van der Waals surface area contributed by atoms with Gasteiger partial charge in [0.2, 0.25) is 0 Å². The maximum absolute atomic E-state index is 14.4. The Morgan fingerprint density at radius 2 is 1.87 bits per heavy atom. The predicted molar refractivity (Wildman–Crippen MR) is 113 cm³/mol. The fourth-order valence-corrected chi connectivity index (χ4v) is 3.31. The van der Waals surface area contributed by atoms with E-state index in [4.69, 9.17) is 4.74 Å². The molecule has 1 aromatic heterocycles. The molecule has 0 atom stereocenters. The Bertz CT molecular complexity index is 1250. The molecule has 7 heteroatoms. The standard InChI is InChI=1S/C23H15BrF2N2O2/c24-16-5-6-18-20(12-16)27-9-8-21(18)30-22-11-15(4-7-19(22)26)23(29)28-13-14-2-1-3-17(25)10-14/h1-12H,13H2,(H,28,29). The number of amides is 1. The molecular weight excluding hydrogens is 454 g/mol. The average Bonchev–Trinajstić information content (AvgIpc) is 2.73. The van der Waals surface area contributed by atoms with Crippen LogP contribution in [-0.2, 0) is 6.54 Å². The van der Waals surface area contributed by atoms with Gasteiger partial charge in [0.05, 0.1) is 5.52 Å². The Morgan fingerprint density at radius 3 is 2.70 bits per heavy atom. The Balaban J connectivity index is 1.55. The van der Waals surface area contributed by atoms with Crippen LogP contribution < -0.4 is 10.1 Å². The first-order chi connectivity index (χ1) is 14.5. The number of hydrogen-bond acceptors (Lipinski definition) is 3. The van der Waals surface area contributed by atoms with E-state index in [1.807, 2.05) is 18.2 Å². The Hall–Kier alpha value is -3.32. The molecule has 1 amide bonds. The van der Waals surface area contributed by atoms with Crippen LogP contribution in [-0.4, -0.2) is 10.9 Å². The zero-order chi connectivity index (χ0) is 21.1. The van der Waals surface area contributed by atoms with Gasteiger partial charge in [-0.3, -0.25) is 9.78 Å². The third-order valence-electron chi connectivity index (χ3n) is 4.42. The Morgan fingerprint density at radius 1 is 1.00 bits per heavy atom. The number of carbonyl (C=O) groups excluding carboxylic acids is 1. The molecule has 1 N–H and O–H groups in total. The van der Waals surface area contributed by atoms with Gasteiger partial charge in [-0.1, -0.05) is 28.1 Å². The third-order valence-corrected chi connectivity index (χ3v) is 4.91. The Kier molecular flexibility index (Phi) is 5.72. The first kappa shape index (κ1) is 20.0. The molecule has 0 unspecified atom stereocenters. The average molecular weight is 469 g/mol. The van der Waals surface area contributed by atoms with Crippen molar-refractivity contribution in [3.05, 3.63) is 100 Å². The summed E-state index contributed by atoms with van der Waals surface area (Å²) in [6, 6.07) is 16.9. The quantitative estimate of drug-likeness (QED) is 0.390. The molecule has 150 valence electrons. The highest BCUT2D eigenvalue weighted by Crippen LogP contribution is 2.32. The maximum atomic E-state index is 14.4. The van der Waals surface area contributed by atoms with E-state index in [1.165, 1.54) is 30.3 Å². The van der Waals surface area contributed by atoms with Crippen LogP contribution in [0.2, 0.25) is 0 Å². The lowest BCUT2D eigenvalue weighted by molar-refractivity contribution is 0.0950. The van der Waals surface area contributed by atoms with Crippen LogP contribution >= 0.6 is 15.9 Å². The van der Waals surface area contributed by atoms with Gasteiger partial charge in [0.15, 0.2) is 11.6 Å². The molecule has 30 heavy (non-hydrogen) atoms. The van der Waals surface area contributed by atoms with Gasteiger partial charge in [-0.15, -0.1) is 0 Å². The van der Waals surface area contributed by atoms with Gasteiger partial charge in [-0.2, -0.15) is 0 Å². The lowest BCUT2D eigenvalue weighted by Crippen LogP contribution is -2.22. The van der Waals surface area contributed by atoms with E-state index in [0.717, 1.165) is 4.47 Å². The normalized spacial score (nSPS) is 10.8. The highest BCUT2D eigenvalue weighted by molar-refractivity contribution is 9.10. The second-order valence-electron chi connectivity index (χ2n) is 6.53. The van der Waals surface area contributed by atoms with Gasteiger partial charge in [0, 0.05) is 28.2 Å². The number of benzene rings is 3. The van der Waals surface area contributed by atoms with E-state index in [2.05, 4.69) is 26.2 Å². The summed E-state index contributed by atoms with van der Waals surface area (Å²) in [7, 11) is 0. The van der Waals surface area contributed by atoms with E-state index in [0.29, 0.717) is 22.2 Å². The van der Waals surface area contributed by atoms with Crippen LogP contribution in [0.5, 0.6) is 11.5 Å². The SMILES string of the molecule is O=C(NCc1cccc(F)c1)c1ccc(F)c(Oc2ccnc3cc(Br)ccc23)c1. The maximum Gasteiger partial charge on any atom is 0.251 e. The minimum absolute atomic E-state index is 0.0798. The summed E-state index contributed by atoms with van der Waals surface area (Å²) in [5, 5.41) is 3.40. The minimum Gasteiger partial charge on any atom is -0.453 e. The summed E-state index contributed by atoms with van der Waals surface area (Å²) in [6.07, 6.45) is 1.57. The molecule has 0 spiro atoms. The summed E-state index contributed by atoms with van der Waals surface area (Å²) in [4.78, 5) is 16.7. The number of fused-ring (bicyclic) bond motifs is 1. The van der Waals surface area contributed by atoms with Crippen molar-refractivity contribution in [2.45, 2.75) is 6.54 Å². The fourth-order valence-electron chi connectivity index (χ4n) is 2.96. The predicted octanol–water partition coefficient (Wildman–Crippen LogP) is 6.00. The van der Waals surface area contributed by atoms with Crippen molar-refractivity contribution < 1.29 is 18.3 Å². The van der Waals surface area contributed by atoms with Crippen molar-refractivity contribution in [3.63, 3.8) is 0 Å². The molecule has 4 rings (SSSR count). The molecule has 1 heterocycles. The number of ether oxygens (including phenoxy) is 1. The molecule has 0 fully saturated rings. The smallest absolute Gasteiger partial charge is 0.251 e. The molecular formula is C23H15BrF2N2O2. The van der Waals surface area contributed by atoms with Gasteiger partial charge in [0.1, 0.15) is 11.6 Å². The molecule has 4 nitrogen and oxygen atoms in total. The van der Waals surface area contributed by atoms with E-state index >= 15 is 0 Å². The monoisotopic (exact) mass is 468 g/mol. The highest BCUT2D eigenvalue weighted by atomic mass is 79.9. The molecule has 4 aromatic rings. The first-order valence-corrected chi connectivity index (χ1v) is 9.83. The first-order valence-electron chi connectivity index (χ1n) is 9.04. The molecule has 3 aromatic carbocycles. The fraction of sp³-hybridized carbons (Fsp3) is 0.0435. The Labute approximate surface area is 179 Å². The summed E-state index contributed by atoms with van der Waals surface area (Å²) in [6.45, 7) is 0.147. The lowest BCUT2D eigenvalue weighted by atomic mass is 10.1. The van der Waals surface area contributed by atoms with Crippen LogP contribution in [0.25, 0.3) is 10.9 Å². The molecule has 0 aliphatic heterocycles. The summed E-state index contributed by atoms with van der Waals surface area (Å²) in [5.74, 6) is -1.06. The summed E-state index contributed by atoms with van der Waals surface area (Å²) in [5.41, 5.74) is 1.53. The second-order valence-corrected chi connectivity index (χ2v) is 7.45. The van der Waals surface area contributed by atoms with Gasteiger partial charge < -0.3 is 10.1 Å². The van der Waals surface area contributed by atoms with E-state index in [1.54, 1.807) is 24.4 Å². The largest absolute Gasteiger partial charge is 0.453 e. The van der Waals surface area contributed by atoms with E-state index in [9.17, 15) is 13.6 Å². The van der Waals surface area contributed by atoms with Crippen LogP contribution in [0, 0.1) is 11.6 Å². The summed E-state index contributed by atoms with van der Waals surface area (Å²) < 4.78 is 34.3. The van der Waals surface area contributed by atoms with Crippen molar-refractivity contribution in [1.82, 2.24) is 10.3 Å². The van der Waals surface area contributed by atoms with Crippen molar-refractivity contribution in [2.75, 3.05) is 0 Å². The second kappa shape index (κ2) is 8.59. The lowest BCUT2D eigenvalue weighted by Gasteiger charge is -2.11. The molecule has 0 radical (unpaired) electrons. The number of nitrogens with one attached hydrogen (secondary N) is 1. The number of nitrogens with zero attached hydrogens (tertiary/aromatic N) is 1. The number of aromatic nitrogens is 1. The molecule has 0 aliphatic rings. The van der Waals surface area contributed by atoms with Crippen LogP contribution in [0.1, 0.15) is 15.9 Å². The number of rotatable bonds is 5. The molecule has 0 saturated carbocycles. The highest BCUT2D eigenvalue weighted by Gasteiger charge is 2.13. The minimum atomic E-state index is -0.598. The molecule has 0 aliphatic carbocycles. The number of carbonyl (C=O) groups is 1. The number of halogens is 3. The van der Waals surface area contributed by atoms with Crippen LogP contribution in [0.4, 0.5) is 8.78 Å².